The number of carbonyl (C=O) groups is 3. The monoisotopic (exact) mass is 550 g/mol. The zero-order valence-electron chi connectivity index (χ0n) is 23.0. The van der Waals surface area contributed by atoms with Crippen LogP contribution in [0.3, 0.4) is 0 Å². The highest BCUT2D eigenvalue weighted by atomic mass is 16.5. The molecule has 2 amide bonds. The summed E-state index contributed by atoms with van der Waals surface area (Å²) in [6, 6.07) is 25.3. The molecular formula is C32H30N4O5. The second-order valence-corrected chi connectivity index (χ2v) is 9.73. The summed E-state index contributed by atoms with van der Waals surface area (Å²) in [5.74, 6) is -0.728. The van der Waals surface area contributed by atoms with E-state index in [0.717, 1.165) is 11.3 Å². The Hall–Kier alpha value is -5.15. The van der Waals surface area contributed by atoms with Crippen molar-refractivity contribution in [2.75, 3.05) is 49.8 Å². The van der Waals surface area contributed by atoms with Gasteiger partial charge < -0.3 is 29.6 Å². The van der Waals surface area contributed by atoms with Crippen LogP contribution in [0.1, 0.15) is 32.0 Å². The van der Waals surface area contributed by atoms with Crippen molar-refractivity contribution >= 4 is 46.1 Å². The third-order valence-electron chi connectivity index (χ3n) is 6.69. The van der Waals surface area contributed by atoms with Crippen molar-refractivity contribution in [1.82, 2.24) is 4.90 Å². The minimum absolute atomic E-state index is 0.227. The van der Waals surface area contributed by atoms with Crippen LogP contribution in [0.15, 0.2) is 95.6 Å². The first-order chi connectivity index (χ1) is 19.9. The second-order valence-electron chi connectivity index (χ2n) is 9.73. The van der Waals surface area contributed by atoms with Crippen LogP contribution in [0.4, 0.5) is 17.1 Å². The molecule has 2 heterocycles. The van der Waals surface area contributed by atoms with Gasteiger partial charge in [-0.05, 0) is 68.2 Å². The number of methoxy groups -OCH3 is 1. The molecule has 41 heavy (non-hydrogen) atoms. The Bertz CT molecular complexity index is 1590. The van der Waals surface area contributed by atoms with Crippen molar-refractivity contribution in [3.63, 3.8) is 0 Å². The van der Waals surface area contributed by atoms with Gasteiger partial charge in [0.1, 0.15) is 0 Å². The summed E-state index contributed by atoms with van der Waals surface area (Å²) in [4.78, 5) is 42.2. The number of fused-ring (bicyclic) bond motifs is 1. The van der Waals surface area contributed by atoms with Crippen LogP contribution in [0.2, 0.25) is 0 Å². The molecule has 0 bridgehead atoms. The van der Waals surface area contributed by atoms with Crippen LogP contribution in [0, 0.1) is 0 Å². The van der Waals surface area contributed by atoms with Crippen molar-refractivity contribution in [1.29, 1.82) is 0 Å². The molecule has 0 radical (unpaired) electrons. The number of nitrogens with zero attached hydrogens (tertiary/aromatic N) is 2. The topological polar surface area (TPSA) is 104 Å². The number of benzene rings is 3. The number of amides is 2. The number of carbonyl (C=O) groups excluding carboxylic acids is 3. The summed E-state index contributed by atoms with van der Waals surface area (Å²) in [5, 5.41) is 6.30. The van der Waals surface area contributed by atoms with Gasteiger partial charge in [-0.1, -0.05) is 36.4 Å². The fraction of sp³-hybridized carbons (Fsp3) is 0.156. The smallest absolute Gasteiger partial charge is 0.337 e. The largest absolute Gasteiger partial charge is 0.465 e. The summed E-state index contributed by atoms with van der Waals surface area (Å²) in [5.41, 5.74) is 4.87. The van der Waals surface area contributed by atoms with Gasteiger partial charge in [0.15, 0.2) is 5.76 Å². The number of hydrogen-bond donors (Lipinski definition) is 2. The van der Waals surface area contributed by atoms with Crippen molar-refractivity contribution in [2.45, 2.75) is 0 Å². The van der Waals surface area contributed by atoms with Gasteiger partial charge in [-0.15, -0.1) is 0 Å². The Labute approximate surface area is 238 Å². The average Bonchev–Trinajstić information content (AvgIpc) is 3.64. The van der Waals surface area contributed by atoms with E-state index in [-0.39, 0.29) is 17.6 Å². The number of hydrogen-bond acceptors (Lipinski definition) is 7. The molecule has 9 nitrogen and oxygen atoms in total. The average molecular weight is 551 g/mol. The zero-order chi connectivity index (χ0) is 28.9. The van der Waals surface area contributed by atoms with Crippen LogP contribution in [-0.2, 0) is 9.53 Å². The standard InChI is InChI=1S/C32H30N4O5/c1-35(2)17-18-36(31(38)27-10-7-19-41-27)24-14-12-23(13-15-24)33-29(21-8-5-4-6-9-21)28-25-16-11-22(32(39)40-3)20-26(25)34-30(28)37/h4-16,19-20,33H,17-18H2,1-3H3,(H,34,37)/b29-28-. The Kier molecular flexibility index (Phi) is 7.98. The van der Waals surface area contributed by atoms with Crippen LogP contribution in [0.25, 0.3) is 11.3 Å². The highest BCUT2D eigenvalue weighted by molar-refractivity contribution is 6.37. The number of rotatable bonds is 9. The molecule has 2 N–H and O–H groups in total. The fourth-order valence-corrected chi connectivity index (χ4v) is 4.60. The number of nitrogens with one attached hydrogen (secondary N) is 2. The quantitative estimate of drug-likeness (QED) is 0.218. The van der Waals surface area contributed by atoms with Gasteiger partial charge in [0.25, 0.3) is 11.8 Å². The summed E-state index contributed by atoms with van der Waals surface area (Å²) < 4.78 is 10.2. The maximum Gasteiger partial charge on any atom is 0.337 e. The van der Waals surface area contributed by atoms with Crippen molar-refractivity contribution < 1.29 is 23.5 Å². The molecule has 3 aromatic carbocycles. The van der Waals surface area contributed by atoms with E-state index in [4.69, 9.17) is 9.15 Å². The lowest BCUT2D eigenvalue weighted by atomic mass is 9.99. The van der Waals surface area contributed by atoms with E-state index in [9.17, 15) is 14.4 Å². The number of likely N-dealkylation sites (N-methyl/N-ethyl adjacent to an activating group) is 1. The van der Waals surface area contributed by atoms with Crippen molar-refractivity contribution in [3.05, 3.63) is 114 Å². The number of esters is 1. The Morgan fingerprint density at radius 3 is 2.32 bits per heavy atom. The molecule has 0 fully saturated rings. The first-order valence-corrected chi connectivity index (χ1v) is 13.1. The molecule has 9 heteroatoms. The summed E-state index contributed by atoms with van der Waals surface area (Å²) in [6.07, 6.45) is 1.48. The van der Waals surface area contributed by atoms with Gasteiger partial charge in [0, 0.05) is 30.0 Å². The van der Waals surface area contributed by atoms with Crippen LogP contribution in [0.5, 0.6) is 0 Å². The molecule has 208 valence electrons. The molecule has 0 saturated carbocycles. The number of ether oxygens (including phenoxy) is 1. The fourth-order valence-electron chi connectivity index (χ4n) is 4.60. The highest BCUT2D eigenvalue weighted by Gasteiger charge is 2.29. The Balaban J connectivity index is 1.50. The normalized spacial score (nSPS) is 13.4. The first kappa shape index (κ1) is 27.4. The second kappa shape index (κ2) is 11.9. The van der Waals surface area contributed by atoms with Gasteiger partial charge >= 0.3 is 5.97 Å². The van der Waals surface area contributed by atoms with E-state index in [2.05, 4.69) is 10.6 Å². The minimum atomic E-state index is -0.480. The molecule has 5 rings (SSSR count). The Morgan fingerprint density at radius 2 is 1.66 bits per heavy atom. The SMILES string of the molecule is COC(=O)c1ccc2c(c1)NC(=O)/C2=C(\Nc1ccc(N(CCN(C)C)C(=O)c2ccco2)cc1)c1ccccc1. The zero-order valence-corrected chi connectivity index (χ0v) is 23.0. The molecule has 1 aromatic heterocycles. The lowest BCUT2D eigenvalue weighted by Gasteiger charge is -2.24. The molecule has 0 saturated heterocycles. The molecular weight excluding hydrogens is 520 g/mol. The molecule has 0 atom stereocenters. The molecule has 0 aliphatic carbocycles. The minimum Gasteiger partial charge on any atom is -0.465 e. The number of anilines is 3. The van der Waals surface area contributed by atoms with E-state index in [0.29, 0.717) is 46.9 Å². The summed E-state index contributed by atoms with van der Waals surface area (Å²) in [6.45, 7) is 1.14. The maximum atomic E-state index is 13.3. The van der Waals surface area contributed by atoms with E-state index < -0.39 is 5.97 Å². The molecule has 0 unspecified atom stereocenters. The molecule has 1 aliphatic heterocycles. The van der Waals surface area contributed by atoms with Crippen LogP contribution in [-0.4, -0.2) is 57.0 Å². The Morgan fingerprint density at radius 1 is 0.902 bits per heavy atom. The molecule has 1 aliphatic rings. The van der Waals surface area contributed by atoms with Gasteiger partial charge in [0.05, 0.1) is 35.9 Å². The van der Waals surface area contributed by atoms with Crippen LogP contribution >= 0.6 is 0 Å². The third-order valence-corrected chi connectivity index (χ3v) is 6.69. The van der Waals surface area contributed by atoms with Gasteiger partial charge in [-0.25, -0.2) is 4.79 Å². The van der Waals surface area contributed by atoms with Gasteiger partial charge in [0.2, 0.25) is 0 Å². The summed E-state index contributed by atoms with van der Waals surface area (Å²) in [7, 11) is 5.22. The molecule has 0 spiro atoms. The first-order valence-electron chi connectivity index (χ1n) is 13.1. The van der Waals surface area contributed by atoms with Crippen molar-refractivity contribution in [3.8, 4) is 0 Å². The van der Waals surface area contributed by atoms with Gasteiger partial charge in [-0.3, -0.25) is 9.59 Å². The lowest BCUT2D eigenvalue weighted by molar-refractivity contribution is -0.110. The third kappa shape index (κ3) is 5.90. The molecule has 4 aromatic rings. The maximum absolute atomic E-state index is 13.3. The van der Waals surface area contributed by atoms with Gasteiger partial charge in [-0.2, -0.15) is 0 Å². The van der Waals surface area contributed by atoms with E-state index >= 15 is 0 Å². The predicted octanol–water partition coefficient (Wildman–Crippen LogP) is 5.21. The predicted molar refractivity (Wildman–Crippen MR) is 159 cm³/mol. The van der Waals surface area contributed by atoms with Crippen molar-refractivity contribution in [2.24, 2.45) is 0 Å². The summed E-state index contributed by atoms with van der Waals surface area (Å²) >= 11 is 0. The number of furan rings is 1. The van der Waals surface area contributed by atoms with E-state index in [1.165, 1.54) is 13.4 Å². The lowest BCUT2D eigenvalue weighted by Crippen LogP contribution is -2.36. The van der Waals surface area contributed by atoms with Crippen LogP contribution < -0.4 is 15.5 Å². The van der Waals surface area contributed by atoms with E-state index in [1.807, 2.05) is 73.6 Å². The van der Waals surface area contributed by atoms with E-state index in [1.54, 1.807) is 35.2 Å². The highest BCUT2D eigenvalue weighted by Crippen LogP contribution is 2.38.